The summed E-state index contributed by atoms with van der Waals surface area (Å²) >= 11 is 8.11. The maximum atomic E-state index is 13.4. The molecule has 0 aliphatic heterocycles. The Morgan fingerprint density at radius 3 is 2.35 bits per heavy atom. The fourth-order valence-electron chi connectivity index (χ4n) is 1.97. The first-order valence-electron chi connectivity index (χ1n) is 5.45. The number of thiophene rings is 1. The van der Waals surface area contributed by atoms with Crippen LogP contribution in [0.1, 0.15) is 31.8 Å². The van der Waals surface area contributed by atoms with E-state index in [2.05, 4.69) is 13.0 Å². The molecule has 0 saturated carbocycles. The molecule has 3 heteroatoms. The number of aryl methyl sites for hydroxylation is 3. The molecule has 2 rings (SSSR count). The van der Waals surface area contributed by atoms with Gasteiger partial charge < -0.3 is 0 Å². The van der Waals surface area contributed by atoms with Crippen molar-refractivity contribution in [2.24, 2.45) is 0 Å². The van der Waals surface area contributed by atoms with Crippen LogP contribution in [0.4, 0.5) is 4.39 Å². The van der Waals surface area contributed by atoms with Crippen molar-refractivity contribution >= 4 is 22.9 Å². The Hall–Kier alpha value is -0.860. The van der Waals surface area contributed by atoms with E-state index >= 15 is 0 Å². The fraction of sp³-hybridized carbons (Fsp3) is 0.286. The van der Waals surface area contributed by atoms with Gasteiger partial charge in [0.25, 0.3) is 0 Å². The van der Waals surface area contributed by atoms with Crippen LogP contribution >= 0.6 is 22.9 Å². The summed E-state index contributed by atoms with van der Waals surface area (Å²) in [5, 5.41) is -0.261. The Labute approximate surface area is 110 Å². The Morgan fingerprint density at radius 2 is 1.82 bits per heavy atom. The highest BCUT2D eigenvalue weighted by Gasteiger charge is 2.16. The summed E-state index contributed by atoms with van der Waals surface area (Å²) < 4.78 is 13.4. The van der Waals surface area contributed by atoms with Crippen molar-refractivity contribution in [3.63, 3.8) is 0 Å². The molecule has 2 aromatic rings. The fourth-order valence-corrected chi connectivity index (χ4v) is 3.45. The van der Waals surface area contributed by atoms with Gasteiger partial charge in [-0.15, -0.1) is 22.9 Å². The van der Waals surface area contributed by atoms with E-state index in [1.165, 1.54) is 22.6 Å². The van der Waals surface area contributed by atoms with Gasteiger partial charge in [0.2, 0.25) is 0 Å². The molecule has 1 atom stereocenters. The summed E-state index contributed by atoms with van der Waals surface area (Å²) in [7, 11) is 0. The highest BCUT2D eigenvalue weighted by atomic mass is 35.5. The van der Waals surface area contributed by atoms with Gasteiger partial charge in [-0.1, -0.05) is 6.07 Å². The third-order valence-electron chi connectivity index (χ3n) is 2.67. The highest BCUT2D eigenvalue weighted by molar-refractivity contribution is 7.12. The molecule has 0 amide bonds. The minimum absolute atomic E-state index is 0.225. The zero-order valence-corrected chi connectivity index (χ0v) is 11.6. The van der Waals surface area contributed by atoms with Crippen LogP contribution in [0.3, 0.4) is 0 Å². The number of hydrogen-bond donors (Lipinski definition) is 0. The molecule has 0 bridgehead atoms. The van der Waals surface area contributed by atoms with Gasteiger partial charge in [-0.05, 0) is 55.7 Å². The van der Waals surface area contributed by atoms with E-state index in [0.717, 1.165) is 16.0 Å². The molecule has 0 nitrogen and oxygen atoms in total. The topological polar surface area (TPSA) is 0 Å². The molecular weight excluding hydrogens is 255 g/mol. The van der Waals surface area contributed by atoms with E-state index < -0.39 is 0 Å². The second-order valence-electron chi connectivity index (χ2n) is 4.33. The van der Waals surface area contributed by atoms with Gasteiger partial charge in [0.05, 0.1) is 5.38 Å². The number of alkyl halides is 1. The SMILES string of the molecule is Cc1cc(F)cc(C(Cl)c2sc(C)cc2C)c1. The summed E-state index contributed by atoms with van der Waals surface area (Å²) in [6, 6.07) is 7.08. The molecule has 1 aromatic carbocycles. The Balaban J connectivity index is 2.43. The van der Waals surface area contributed by atoms with Crippen LogP contribution in [0.25, 0.3) is 0 Å². The third kappa shape index (κ3) is 2.70. The highest BCUT2D eigenvalue weighted by Crippen LogP contribution is 2.36. The first-order chi connectivity index (χ1) is 7.97. The van der Waals surface area contributed by atoms with Crippen LogP contribution < -0.4 is 0 Å². The second-order valence-corrected chi connectivity index (χ2v) is 6.05. The number of benzene rings is 1. The number of hydrogen-bond acceptors (Lipinski definition) is 1. The van der Waals surface area contributed by atoms with Gasteiger partial charge in [0, 0.05) is 9.75 Å². The Kier molecular flexibility index (Phi) is 3.55. The minimum atomic E-state index is -0.261. The van der Waals surface area contributed by atoms with E-state index in [9.17, 15) is 4.39 Å². The first-order valence-corrected chi connectivity index (χ1v) is 6.71. The maximum Gasteiger partial charge on any atom is 0.123 e. The van der Waals surface area contributed by atoms with Gasteiger partial charge in [-0.3, -0.25) is 0 Å². The van der Waals surface area contributed by atoms with Crippen LogP contribution in [0, 0.1) is 26.6 Å². The predicted molar refractivity (Wildman–Crippen MR) is 72.6 cm³/mol. The Morgan fingerprint density at radius 1 is 1.12 bits per heavy atom. The van der Waals surface area contributed by atoms with Crippen molar-refractivity contribution in [1.82, 2.24) is 0 Å². The molecule has 0 spiro atoms. The molecule has 1 aromatic heterocycles. The largest absolute Gasteiger partial charge is 0.207 e. The minimum Gasteiger partial charge on any atom is -0.207 e. The summed E-state index contributed by atoms with van der Waals surface area (Å²) in [6.07, 6.45) is 0. The van der Waals surface area contributed by atoms with Crippen molar-refractivity contribution in [2.45, 2.75) is 26.1 Å². The predicted octanol–water partition coefficient (Wildman–Crippen LogP) is 5.14. The summed E-state index contributed by atoms with van der Waals surface area (Å²) in [5.41, 5.74) is 2.90. The molecule has 0 saturated heterocycles. The van der Waals surface area contributed by atoms with Crippen molar-refractivity contribution in [3.05, 3.63) is 56.5 Å². The average molecular weight is 269 g/mol. The molecular formula is C14H14ClFS. The molecule has 1 unspecified atom stereocenters. The van der Waals surface area contributed by atoms with E-state index in [4.69, 9.17) is 11.6 Å². The van der Waals surface area contributed by atoms with E-state index in [0.29, 0.717) is 0 Å². The van der Waals surface area contributed by atoms with E-state index in [1.807, 2.05) is 19.9 Å². The maximum absolute atomic E-state index is 13.4. The number of rotatable bonds is 2. The summed E-state index contributed by atoms with van der Waals surface area (Å²) in [4.78, 5) is 2.34. The zero-order chi connectivity index (χ0) is 12.6. The van der Waals surface area contributed by atoms with Crippen LogP contribution in [0.15, 0.2) is 24.3 Å². The third-order valence-corrected chi connectivity index (χ3v) is 4.48. The van der Waals surface area contributed by atoms with Gasteiger partial charge >= 0.3 is 0 Å². The summed E-state index contributed by atoms with van der Waals surface area (Å²) in [5.74, 6) is -0.225. The molecule has 0 aliphatic rings. The zero-order valence-electron chi connectivity index (χ0n) is 10.1. The normalized spacial score (nSPS) is 12.8. The average Bonchev–Trinajstić information content (AvgIpc) is 2.55. The first kappa shape index (κ1) is 12.6. The van der Waals surface area contributed by atoms with Gasteiger partial charge in [0.15, 0.2) is 0 Å². The molecule has 17 heavy (non-hydrogen) atoms. The lowest BCUT2D eigenvalue weighted by Crippen LogP contribution is -1.94. The van der Waals surface area contributed by atoms with Gasteiger partial charge in [0.1, 0.15) is 5.82 Å². The van der Waals surface area contributed by atoms with Crippen LogP contribution in [0.5, 0.6) is 0 Å². The number of halogens is 2. The summed E-state index contributed by atoms with van der Waals surface area (Å²) in [6.45, 7) is 5.98. The standard InChI is InChI=1S/C14H14ClFS/c1-8-4-11(7-12(16)5-8)13(15)14-9(2)6-10(3)17-14/h4-7,13H,1-3H3. The second kappa shape index (κ2) is 4.79. The molecule has 1 heterocycles. The van der Waals surface area contributed by atoms with E-state index in [1.54, 1.807) is 11.3 Å². The van der Waals surface area contributed by atoms with Crippen LogP contribution in [-0.4, -0.2) is 0 Å². The van der Waals surface area contributed by atoms with Gasteiger partial charge in [-0.25, -0.2) is 4.39 Å². The van der Waals surface area contributed by atoms with Crippen molar-refractivity contribution in [2.75, 3.05) is 0 Å². The van der Waals surface area contributed by atoms with Crippen LogP contribution in [0.2, 0.25) is 0 Å². The van der Waals surface area contributed by atoms with E-state index in [-0.39, 0.29) is 11.2 Å². The van der Waals surface area contributed by atoms with Crippen molar-refractivity contribution in [3.8, 4) is 0 Å². The molecule has 0 radical (unpaired) electrons. The quantitative estimate of drug-likeness (QED) is 0.662. The van der Waals surface area contributed by atoms with Crippen molar-refractivity contribution in [1.29, 1.82) is 0 Å². The Bertz CT molecular complexity index is 525. The molecule has 0 aliphatic carbocycles. The monoisotopic (exact) mass is 268 g/mol. The lowest BCUT2D eigenvalue weighted by atomic mass is 10.1. The van der Waals surface area contributed by atoms with Crippen molar-refractivity contribution < 1.29 is 4.39 Å². The van der Waals surface area contributed by atoms with Gasteiger partial charge in [-0.2, -0.15) is 0 Å². The lowest BCUT2D eigenvalue weighted by Gasteiger charge is -2.10. The molecule has 0 N–H and O–H groups in total. The lowest BCUT2D eigenvalue weighted by molar-refractivity contribution is 0.624. The smallest absolute Gasteiger partial charge is 0.123 e. The van der Waals surface area contributed by atoms with Crippen LogP contribution in [-0.2, 0) is 0 Å². The molecule has 90 valence electrons. The molecule has 0 fully saturated rings.